The van der Waals surface area contributed by atoms with E-state index in [1.165, 1.54) is 5.56 Å². The molecule has 0 atom stereocenters. The third kappa shape index (κ3) is 4.20. The van der Waals surface area contributed by atoms with Crippen LogP contribution < -0.4 is 15.4 Å². The van der Waals surface area contributed by atoms with Crippen molar-refractivity contribution in [1.82, 2.24) is 4.98 Å². The van der Waals surface area contributed by atoms with E-state index in [0.29, 0.717) is 6.54 Å². The predicted octanol–water partition coefficient (Wildman–Crippen LogP) is 2.75. The smallest absolute Gasteiger partial charge is 0.160 e. The second-order valence-electron chi connectivity index (χ2n) is 5.05. The molecule has 2 aromatic rings. The maximum absolute atomic E-state index is 5.68. The van der Waals surface area contributed by atoms with Gasteiger partial charge in [-0.2, -0.15) is 0 Å². The number of rotatable bonds is 7. The van der Waals surface area contributed by atoms with Gasteiger partial charge in [-0.25, -0.2) is 0 Å². The van der Waals surface area contributed by atoms with E-state index in [1.807, 2.05) is 13.0 Å². The summed E-state index contributed by atoms with van der Waals surface area (Å²) in [5.41, 5.74) is 9.00. The molecule has 112 valence electrons. The van der Waals surface area contributed by atoms with Crippen LogP contribution in [-0.2, 0) is 6.54 Å². The van der Waals surface area contributed by atoms with E-state index in [1.54, 1.807) is 13.3 Å². The van der Waals surface area contributed by atoms with Crippen LogP contribution in [0.15, 0.2) is 42.6 Å². The fraction of sp³-hybridized carbons (Fsp3) is 0.353. The minimum atomic E-state index is 0.678. The van der Waals surface area contributed by atoms with E-state index in [9.17, 15) is 0 Å². The van der Waals surface area contributed by atoms with Crippen LogP contribution in [0.25, 0.3) is 0 Å². The van der Waals surface area contributed by atoms with E-state index >= 15 is 0 Å². The van der Waals surface area contributed by atoms with Crippen LogP contribution in [0.3, 0.4) is 0 Å². The van der Waals surface area contributed by atoms with Crippen LogP contribution >= 0.6 is 0 Å². The molecular formula is C17H23N3O. The molecule has 4 nitrogen and oxygen atoms in total. The standard InChI is InChI=1S/C17H23N3O/c1-14-11-16(17(21-2)12-19-14)20(10-6-9-18)13-15-7-4-3-5-8-15/h3-5,7-8,11-12H,6,9-10,13,18H2,1-2H3. The zero-order chi connectivity index (χ0) is 15.1. The normalized spacial score (nSPS) is 10.4. The number of methoxy groups -OCH3 is 1. The molecule has 0 fully saturated rings. The number of nitrogens with two attached hydrogens (primary N) is 1. The number of nitrogens with zero attached hydrogens (tertiary/aromatic N) is 2. The van der Waals surface area contributed by atoms with Crippen molar-refractivity contribution < 1.29 is 4.74 Å². The van der Waals surface area contributed by atoms with E-state index in [2.05, 4.69) is 40.2 Å². The summed E-state index contributed by atoms with van der Waals surface area (Å²) in [5, 5.41) is 0. The van der Waals surface area contributed by atoms with Gasteiger partial charge in [0, 0.05) is 18.8 Å². The molecule has 0 radical (unpaired) electrons. The SMILES string of the molecule is COc1cnc(C)cc1N(CCCN)Cc1ccccc1. The number of anilines is 1. The zero-order valence-electron chi connectivity index (χ0n) is 12.7. The average molecular weight is 285 g/mol. The molecule has 21 heavy (non-hydrogen) atoms. The highest BCUT2D eigenvalue weighted by atomic mass is 16.5. The number of pyridine rings is 1. The second-order valence-corrected chi connectivity index (χ2v) is 5.05. The van der Waals surface area contributed by atoms with Crippen LogP contribution in [0.5, 0.6) is 5.75 Å². The number of ether oxygens (including phenoxy) is 1. The third-order valence-corrected chi connectivity index (χ3v) is 3.39. The molecule has 1 heterocycles. The van der Waals surface area contributed by atoms with Gasteiger partial charge in [-0.15, -0.1) is 0 Å². The van der Waals surface area contributed by atoms with Gasteiger partial charge in [0.05, 0.1) is 19.0 Å². The van der Waals surface area contributed by atoms with Gasteiger partial charge in [0.25, 0.3) is 0 Å². The molecule has 0 bridgehead atoms. The molecule has 0 aliphatic carbocycles. The van der Waals surface area contributed by atoms with Crippen molar-refractivity contribution in [2.45, 2.75) is 19.9 Å². The van der Waals surface area contributed by atoms with E-state index in [4.69, 9.17) is 10.5 Å². The van der Waals surface area contributed by atoms with Crippen molar-refractivity contribution in [3.63, 3.8) is 0 Å². The van der Waals surface area contributed by atoms with Crippen molar-refractivity contribution >= 4 is 5.69 Å². The van der Waals surface area contributed by atoms with E-state index in [-0.39, 0.29) is 0 Å². The molecular weight excluding hydrogens is 262 g/mol. The predicted molar refractivity (Wildman–Crippen MR) is 86.7 cm³/mol. The highest BCUT2D eigenvalue weighted by Gasteiger charge is 2.13. The lowest BCUT2D eigenvalue weighted by Gasteiger charge is -2.26. The summed E-state index contributed by atoms with van der Waals surface area (Å²) in [4.78, 5) is 6.61. The summed E-state index contributed by atoms with van der Waals surface area (Å²) in [6.45, 7) is 4.40. The zero-order valence-corrected chi connectivity index (χ0v) is 12.7. The Balaban J connectivity index is 2.28. The first kappa shape index (κ1) is 15.3. The maximum atomic E-state index is 5.68. The second kappa shape index (κ2) is 7.64. The van der Waals surface area contributed by atoms with Gasteiger partial charge >= 0.3 is 0 Å². The Kier molecular flexibility index (Phi) is 5.58. The molecule has 0 spiro atoms. The minimum absolute atomic E-state index is 0.678. The van der Waals surface area contributed by atoms with E-state index < -0.39 is 0 Å². The third-order valence-electron chi connectivity index (χ3n) is 3.39. The Bertz CT molecular complexity index is 557. The van der Waals surface area contributed by atoms with Crippen molar-refractivity contribution in [3.8, 4) is 5.75 Å². The molecule has 0 saturated carbocycles. The number of aryl methyl sites for hydroxylation is 1. The van der Waals surface area contributed by atoms with Crippen LogP contribution in [0.4, 0.5) is 5.69 Å². The van der Waals surface area contributed by atoms with Gasteiger partial charge in [-0.05, 0) is 31.5 Å². The van der Waals surface area contributed by atoms with Crippen molar-refractivity contribution in [2.75, 3.05) is 25.1 Å². The van der Waals surface area contributed by atoms with Crippen molar-refractivity contribution in [3.05, 3.63) is 53.9 Å². The van der Waals surface area contributed by atoms with Crippen LogP contribution in [0, 0.1) is 6.92 Å². The number of aromatic nitrogens is 1. The van der Waals surface area contributed by atoms with Crippen molar-refractivity contribution in [1.29, 1.82) is 0 Å². The Morgan fingerprint density at radius 2 is 2.00 bits per heavy atom. The first-order valence-corrected chi connectivity index (χ1v) is 7.24. The number of hydrogen-bond acceptors (Lipinski definition) is 4. The van der Waals surface area contributed by atoms with Gasteiger partial charge in [-0.1, -0.05) is 30.3 Å². The summed E-state index contributed by atoms with van der Waals surface area (Å²) < 4.78 is 5.46. The lowest BCUT2D eigenvalue weighted by Crippen LogP contribution is -2.26. The molecule has 0 saturated heterocycles. The Morgan fingerprint density at radius 1 is 1.24 bits per heavy atom. The first-order valence-electron chi connectivity index (χ1n) is 7.24. The molecule has 0 aliphatic heterocycles. The molecule has 0 aliphatic rings. The highest BCUT2D eigenvalue weighted by Crippen LogP contribution is 2.29. The summed E-state index contributed by atoms with van der Waals surface area (Å²) in [6, 6.07) is 12.5. The van der Waals surface area contributed by atoms with Crippen molar-refractivity contribution in [2.24, 2.45) is 5.73 Å². The molecule has 4 heteroatoms. The van der Waals surface area contributed by atoms with Crippen LogP contribution in [-0.4, -0.2) is 25.2 Å². The van der Waals surface area contributed by atoms with Gasteiger partial charge in [0.15, 0.2) is 5.75 Å². The van der Waals surface area contributed by atoms with Gasteiger partial charge in [0.2, 0.25) is 0 Å². The lowest BCUT2D eigenvalue weighted by atomic mass is 10.2. The van der Waals surface area contributed by atoms with Gasteiger partial charge < -0.3 is 15.4 Å². The van der Waals surface area contributed by atoms with Crippen LogP contribution in [0.1, 0.15) is 17.7 Å². The first-order chi connectivity index (χ1) is 10.2. The summed E-state index contributed by atoms with van der Waals surface area (Å²) in [5.74, 6) is 0.800. The Morgan fingerprint density at radius 3 is 2.67 bits per heavy atom. The number of hydrogen-bond donors (Lipinski definition) is 1. The molecule has 1 aromatic carbocycles. The summed E-state index contributed by atoms with van der Waals surface area (Å²) in [7, 11) is 1.68. The minimum Gasteiger partial charge on any atom is -0.493 e. The Labute approximate surface area is 126 Å². The fourth-order valence-corrected chi connectivity index (χ4v) is 2.31. The quantitative estimate of drug-likeness (QED) is 0.850. The van der Waals surface area contributed by atoms with Gasteiger partial charge in [-0.3, -0.25) is 4.98 Å². The number of benzene rings is 1. The highest BCUT2D eigenvalue weighted by molar-refractivity contribution is 5.58. The van der Waals surface area contributed by atoms with Gasteiger partial charge in [0.1, 0.15) is 0 Å². The largest absolute Gasteiger partial charge is 0.493 e. The fourth-order valence-electron chi connectivity index (χ4n) is 2.31. The molecule has 1 aromatic heterocycles. The average Bonchev–Trinajstić information content (AvgIpc) is 2.52. The molecule has 2 N–H and O–H groups in total. The Hall–Kier alpha value is -2.07. The molecule has 2 rings (SSSR count). The summed E-state index contributed by atoms with van der Waals surface area (Å²) in [6.07, 6.45) is 2.72. The lowest BCUT2D eigenvalue weighted by molar-refractivity contribution is 0.412. The molecule has 0 unspecified atom stereocenters. The monoisotopic (exact) mass is 285 g/mol. The van der Waals surface area contributed by atoms with E-state index in [0.717, 1.165) is 36.6 Å². The topological polar surface area (TPSA) is 51.4 Å². The summed E-state index contributed by atoms with van der Waals surface area (Å²) >= 11 is 0. The molecule has 0 amide bonds. The maximum Gasteiger partial charge on any atom is 0.160 e. The van der Waals surface area contributed by atoms with Crippen LogP contribution in [0.2, 0.25) is 0 Å².